The topological polar surface area (TPSA) is 65.8 Å². The molecule has 30 heavy (non-hydrogen) atoms. The summed E-state index contributed by atoms with van der Waals surface area (Å²) in [7, 11) is -3.64. The SMILES string of the molecule is CC(C)N1CCN(CC(C)(O)Cn2c3ccc(F)cc3c3cc(F)ccc32)S1(=O)=O. The van der Waals surface area contributed by atoms with Crippen molar-refractivity contribution in [2.24, 2.45) is 0 Å². The Morgan fingerprint density at radius 2 is 1.53 bits per heavy atom. The summed E-state index contributed by atoms with van der Waals surface area (Å²) in [5.41, 5.74) is -0.113. The molecule has 0 aliphatic carbocycles. The molecule has 3 aromatic rings. The lowest BCUT2D eigenvalue weighted by Crippen LogP contribution is -2.46. The minimum Gasteiger partial charge on any atom is -0.387 e. The van der Waals surface area contributed by atoms with Crippen LogP contribution in [-0.4, -0.2) is 58.0 Å². The molecule has 1 aliphatic heterocycles. The van der Waals surface area contributed by atoms with Gasteiger partial charge in [0.1, 0.15) is 11.6 Å². The van der Waals surface area contributed by atoms with Crippen molar-refractivity contribution < 1.29 is 22.3 Å². The van der Waals surface area contributed by atoms with Gasteiger partial charge in [-0.3, -0.25) is 0 Å². The van der Waals surface area contributed by atoms with Crippen molar-refractivity contribution in [1.82, 2.24) is 13.2 Å². The Bertz CT molecular complexity index is 1160. The van der Waals surface area contributed by atoms with E-state index in [1.807, 2.05) is 13.8 Å². The molecule has 1 aromatic heterocycles. The minimum atomic E-state index is -3.64. The molecule has 162 valence electrons. The Morgan fingerprint density at radius 3 is 2.00 bits per heavy atom. The van der Waals surface area contributed by atoms with Gasteiger partial charge in [0.25, 0.3) is 10.2 Å². The molecule has 0 amide bonds. The second kappa shape index (κ2) is 7.26. The van der Waals surface area contributed by atoms with Crippen molar-refractivity contribution in [2.75, 3.05) is 19.6 Å². The first-order valence-corrected chi connectivity index (χ1v) is 11.3. The molecule has 9 heteroatoms. The van der Waals surface area contributed by atoms with E-state index < -0.39 is 27.4 Å². The third kappa shape index (κ3) is 3.60. The van der Waals surface area contributed by atoms with Crippen LogP contribution >= 0.6 is 0 Å². The van der Waals surface area contributed by atoms with Crippen molar-refractivity contribution in [3.8, 4) is 0 Å². The van der Waals surface area contributed by atoms with Gasteiger partial charge in [0, 0.05) is 47.5 Å². The van der Waals surface area contributed by atoms with Crippen LogP contribution in [0.3, 0.4) is 0 Å². The second-order valence-electron chi connectivity index (χ2n) is 8.45. The highest BCUT2D eigenvalue weighted by Crippen LogP contribution is 2.32. The molecule has 0 spiro atoms. The van der Waals surface area contributed by atoms with E-state index in [9.17, 15) is 22.3 Å². The summed E-state index contributed by atoms with van der Waals surface area (Å²) < 4.78 is 57.7. The quantitative estimate of drug-likeness (QED) is 0.667. The predicted octanol–water partition coefficient (Wildman–Crippen LogP) is 3.09. The molecule has 1 N–H and O–H groups in total. The summed E-state index contributed by atoms with van der Waals surface area (Å²) in [4.78, 5) is 0. The molecule has 4 rings (SSSR count). The number of nitrogens with zero attached hydrogens (tertiary/aromatic N) is 3. The number of hydrogen-bond acceptors (Lipinski definition) is 3. The van der Waals surface area contributed by atoms with Gasteiger partial charge in [0.2, 0.25) is 0 Å². The summed E-state index contributed by atoms with van der Waals surface area (Å²) >= 11 is 0. The highest BCUT2D eigenvalue weighted by atomic mass is 32.2. The van der Waals surface area contributed by atoms with Gasteiger partial charge in [-0.2, -0.15) is 17.0 Å². The number of halogens is 2. The summed E-state index contributed by atoms with van der Waals surface area (Å²) in [6, 6.07) is 8.33. The van der Waals surface area contributed by atoms with Gasteiger partial charge in [-0.05, 0) is 57.2 Å². The molecule has 1 unspecified atom stereocenters. The first-order valence-electron chi connectivity index (χ1n) is 9.86. The summed E-state index contributed by atoms with van der Waals surface area (Å²) in [5.74, 6) is -0.871. The summed E-state index contributed by atoms with van der Waals surface area (Å²) in [6.45, 7) is 5.88. The van der Waals surface area contributed by atoms with Crippen molar-refractivity contribution in [3.63, 3.8) is 0 Å². The van der Waals surface area contributed by atoms with E-state index in [0.29, 0.717) is 34.9 Å². The van der Waals surface area contributed by atoms with Crippen LogP contribution in [-0.2, 0) is 16.8 Å². The van der Waals surface area contributed by atoms with E-state index in [2.05, 4.69) is 0 Å². The number of fused-ring (bicyclic) bond motifs is 3. The number of benzene rings is 2. The van der Waals surface area contributed by atoms with Crippen molar-refractivity contribution in [3.05, 3.63) is 48.0 Å². The van der Waals surface area contributed by atoms with Gasteiger partial charge >= 0.3 is 0 Å². The van der Waals surface area contributed by atoms with E-state index >= 15 is 0 Å². The summed E-state index contributed by atoms with van der Waals surface area (Å²) in [6.07, 6.45) is 0. The van der Waals surface area contributed by atoms with Gasteiger partial charge in [0.05, 0.1) is 12.1 Å². The summed E-state index contributed by atoms with van der Waals surface area (Å²) in [5, 5.41) is 12.2. The number of aliphatic hydroxyl groups is 1. The Morgan fingerprint density at radius 1 is 1.00 bits per heavy atom. The van der Waals surface area contributed by atoms with Gasteiger partial charge in [0.15, 0.2) is 0 Å². The number of aromatic nitrogens is 1. The fourth-order valence-electron chi connectivity index (χ4n) is 4.26. The number of β-amino-alcohol motifs (C(OH)–C–C–N with tert-alkyl or cyclic N) is 1. The van der Waals surface area contributed by atoms with Gasteiger partial charge in [-0.25, -0.2) is 8.78 Å². The highest BCUT2D eigenvalue weighted by Gasteiger charge is 2.41. The molecule has 6 nitrogen and oxygen atoms in total. The van der Waals surface area contributed by atoms with E-state index in [1.165, 1.54) is 32.9 Å². The Hall–Kier alpha value is -2.07. The predicted molar refractivity (Wildman–Crippen MR) is 112 cm³/mol. The maximum Gasteiger partial charge on any atom is 0.282 e. The lowest BCUT2D eigenvalue weighted by Gasteiger charge is -2.30. The largest absolute Gasteiger partial charge is 0.387 e. The van der Waals surface area contributed by atoms with Crippen molar-refractivity contribution >= 4 is 32.0 Å². The molecule has 0 bridgehead atoms. The Balaban J connectivity index is 1.71. The smallest absolute Gasteiger partial charge is 0.282 e. The fourth-order valence-corrected chi connectivity index (χ4v) is 6.16. The molecule has 1 aliphatic rings. The van der Waals surface area contributed by atoms with Crippen LogP contribution < -0.4 is 0 Å². The third-order valence-electron chi connectivity index (χ3n) is 5.57. The second-order valence-corrected chi connectivity index (χ2v) is 10.3. The molecule has 0 radical (unpaired) electrons. The molecule has 2 heterocycles. The van der Waals surface area contributed by atoms with Crippen LogP contribution in [0.1, 0.15) is 20.8 Å². The standard InChI is InChI=1S/C21H25F2N3O3S/c1-14(2)26-9-8-24(30(26,28)29)12-21(3,27)13-25-19-6-4-15(22)10-17(19)18-11-16(23)5-7-20(18)25/h4-7,10-11,14,27H,8-9,12-13H2,1-3H3. The van der Waals surface area contributed by atoms with E-state index in [1.54, 1.807) is 23.6 Å². The van der Waals surface area contributed by atoms with Gasteiger partial charge < -0.3 is 9.67 Å². The molecule has 1 saturated heterocycles. The zero-order chi connectivity index (χ0) is 21.8. The van der Waals surface area contributed by atoms with Crippen molar-refractivity contribution in [1.29, 1.82) is 0 Å². The maximum absolute atomic E-state index is 13.8. The van der Waals surface area contributed by atoms with Crippen LogP contribution in [0, 0.1) is 11.6 Å². The van der Waals surface area contributed by atoms with Crippen LogP contribution in [0.4, 0.5) is 8.78 Å². The maximum atomic E-state index is 13.8. The van der Waals surface area contributed by atoms with Crippen LogP contribution in [0.25, 0.3) is 21.8 Å². The fraction of sp³-hybridized carbons (Fsp3) is 0.429. The molecular formula is C21H25F2N3O3S. The lowest BCUT2D eigenvalue weighted by atomic mass is 10.1. The van der Waals surface area contributed by atoms with Gasteiger partial charge in [-0.1, -0.05) is 0 Å². The lowest BCUT2D eigenvalue weighted by molar-refractivity contribution is 0.0279. The van der Waals surface area contributed by atoms with Crippen molar-refractivity contribution in [2.45, 2.75) is 39.0 Å². The van der Waals surface area contributed by atoms with Crippen LogP contribution in [0.15, 0.2) is 36.4 Å². The first kappa shape index (κ1) is 21.2. The number of rotatable bonds is 5. The minimum absolute atomic E-state index is 0.0674. The third-order valence-corrected chi connectivity index (χ3v) is 7.73. The monoisotopic (exact) mass is 437 g/mol. The highest BCUT2D eigenvalue weighted by molar-refractivity contribution is 7.87. The average molecular weight is 438 g/mol. The zero-order valence-corrected chi connectivity index (χ0v) is 18.0. The molecular weight excluding hydrogens is 412 g/mol. The Labute approximate surface area is 174 Å². The van der Waals surface area contributed by atoms with E-state index in [-0.39, 0.29) is 19.1 Å². The Kier molecular flexibility index (Phi) is 5.13. The molecule has 0 saturated carbocycles. The van der Waals surface area contributed by atoms with E-state index in [0.717, 1.165) is 0 Å². The van der Waals surface area contributed by atoms with Gasteiger partial charge in [-0.15, -0.1) is 0 Å². The van der Waals surface area contributed by atoms with Crippen LogP contribution in [0.2, 0.25) is 0 Å². The number of hydrogen-bond donors (Lipinski definition) is 1. The average Bonchev–Trinajstić information content (AvgIpc) is 3.08. The zero-order valence-electron chi connectivity index (χ0n) is 17.1. The molecule has 1 atom stereocenters. The molecule has 2 aromatic carbocycles. The van der Waals surface area contributed by atoms with Crippen LogP contribution in [0.5, 0.6) is 0 Å². The van der Waals surface area contributed by atoms with E-state index in [4.69, 9.17) is 0 Å². The molecule has 1 fully saturated rings. The normalized spacial score (nSPS) is 19.8. The first-order chi connectivity index (χ1) is 14.0.